The Bertz CT molecular complexity index is 1390. The average Bonchev–Trinajstić information content (AvgIpc) is 3.44. The summed E-state index contributed by atoms with van der Waals surface area (Å²) in [5.41, 5.74) is 0. The number of amides is 1. The van der Waals surface area contributed by atoms with E-state index in [0.717, 1.165) is 32.1 Å². The van der Waals surface area contributed by atoms with E-state index in [-0.39, 0.29) is 18.9 Å². The largest absolute Gasteiger partial charge is 0.394 e. The lowest BCUT2D eigenvalue weighted by Gasteiger charge is -2.46. The van der Waals surface area contributed by atoms with Crippen molar-refractivity contribution in [2.75, 3.05) is 19.8 Å². The van der Waals surface area contributed by atoms with E-state index >= 15 is 0 Å². The smallest absolute Gasteiger partial charge is 0.220 e. The number of carbonyl (C=O) groups is 1. The van der Waals surface area contributed by atoms with Crippen LogP contribution in [0.5, 0.6) is 0 Å². The SMILES string of the molecule is CCCCCCCCCCCCCC/C=C/CC/C=C/C(O)C(COC1OC(CO)C(OC2OC(CO)C(O)C(O)C2O)C(O)C1O)NC(=O)CCCCCCCCCCCCCCCCCCCCCCCCCCC. The van der Waals surface area contributed by atoms with Crippen molar-refractivity contribution in [2.45, 2.75) is 351 Å². The van der Waals surface area contributed by atoms with Crippen LogP contribution in [0.1, 0.15) is 277 Å². The number of aliphatic hydroxyl groups is 8. The summed E-state index contributed by atoms with van der Waals surface area (Å²) in [6.07, 6.45) is 42.3. The number of hydrogen-bond acceptors (Lipinski definition) is 13. The van der Waals surface area contributed by atoms with Gasteiger partial charge in [0.25, 0.3) is 0 Å². The van der Waals surface area contributed by atoms with Gasteiger partial charge in [-0.15, -0.1) is 0 Å². The predicted octanol–water partition coefficient (Wildman–Crippen LogP) is 11.6. The Morgan fingerprint density at radius 2 is 0.831 bits per heavy atom. The zero-order chi connectivity index (χ0) is 56.0. The van der Waals surface area contributed by atoms with Gasteiger partial charge in [0.05, 0.1) is 32.0 Å². The lowest BCUT2D eigenvalue weighted by molar-refractivity contribution is -0.359. The minimum absolute atomic E-state index is 0.243. The van der Waals surface area contributed by atoms with Gasteiger partial charge in [-0.3, -0.25) is 4.79 Å². The molecule has 0 spiro atoms. The minimum Gasteiger partial charge on any atom is -0.394 e. The molecule has 14 heteroatoms. The fourth-order valence-electron chi connectivity index (χ4n) is 10.7. The molecule has 0 aromatic heterocycles. The fraction of sp³-hybridized carbons (Fsp3) is 0.921. The number of rotatable bonds is 52. The molecular formula is C63H119NO13. The highest BCUT2D eigenvalue weighted by atomic mass is 16.7. The van der Waals surface area contributed by atoms with Crippen molar-refractivity contribution < 1.29 is 64.6 Å². The van der Waals surface area contributed by atoms with Gasteiger partial charge in [-0.2, -0.15) is 0 Å². The quantitative estimate of drug-likeness (QED) is 0.0204. The molecule has 0 radical (unpaired) electrons. The first kappa shape index (κ1) is 71.6. The summed E-state index contributed by atoms with van der Waals surface area (Å²) in [7, 11) is 0. The van der Waals surface area contributed by atoms with E-state index in [1.54, 1.807) is 6.08 Å². The second-order valence-corrected chi connectivity index (χ2v) is 22.9. The van der Waals surface area contributed by atoms with E-state index in [0.29, 0.717) is 12.8 Å². The number of allylic oxidation sites excluding steroid dienone is 3. The maximum atomic E-state index is 13.3. The van der Waals surface area contributed by atoms with Crippen LogP contribution in [0.3, 0.4) is 0 Å². The Morgan fingerprint density at radius 1 is 0.455 bits per heavy atom. The molecule has 12 atom stereocenters. The number of ether oxygens (including phenoxy) is 4. The number of nitrogens with one attached hydrogen (secondary N) is 1. The maximum absolute atomic E-state index is 13.3. The van der Waals surface area contributed by atoms with Crippen molar-refractivity contribution in [3.05, 3.63) is 24.3 Å². The van der Waals surface area contributed by atoms with Crippen LogP contribution in [-0.4, -0.2) is 140 Å². The number of carbonyl (C=O) groups excluding carboxylic acids is 1. The van der Waals surface area contributed by atoms with Crippen LogP contribution in [-0.2, 0) is 23.7 Å². The van der Waals surface area contributed by atoms with Gasteiger partial charge >= 0.3 is 0 Å². The number of hydrogen-bond donors (Lipinski definition) is 9. The summed E-state index contributed by atoms with van der Waals surface area (Å²) < 4.78 is 22.8. The third-order valence-electron chi connectivity index (χ3n) is 15.9. The molecule has 14 nitrogen and oxygen atoms in total. The van der Waals surface area contributed by atoms with Gasteiger partial charge in [0.15, 0.2) is 12.6 Å². The molecule has 1 amide bonds. The van der Waals surface area contributed by atoms with E-state index in [1.807, 2.05) is 6.08 Å². The summed E-state index contributed by atoms with van der Waals surface area (Å²) in [6, 6.07) is -0.928. The molecule has 0 aliphatic carbocycles. The highest BCUT2D eigenvalue weighted by Crippen LogP contribution is 2.30. The molecule has 77 heavy (non-hydrogen) atoms. The van der Waals surface area contributed by atoms with E-state index in [9.17, 15) is 45.6 Å². The van der Waals surface area contributed by atoms with Crippen molar-refractivity contribution in [1.29, 1.82) is 0 Å². The lowest BCUT2D eigenvalue weighted by atomic mass is 9.97. The fourth-order valence-corrected chi connectivity index (χ4v) is 10.7. The maximum Gasteiger partial charge on any atom is 0.220 e. The van der Waals surface area contributed by atoms with E-state index < -0.39 is 86.8 Å². The molecule has 2 rings (SSSR count). The van der Waals surface area contributed by atoms with E-state index in [2.05, 4.69) is 31.3 Å². The standard InChI is InChI=1S/C63H119NO13/c1-3-5-7-9-11-13-15-17-19-21-23-24-25-26-27-28-29-31-33-35-37-39-41-43-45-47-55(68)64-51(52(67)46-44-42-40-38-36-34-32-30-22-20-18-16-14-12-10-8-6-4-2)50-74-62-60(73)58(71)61(54(49-66)76-62)77-63-59(72)57(70)56(69)53(48-65)75-63/h36,38,44,46,51-54,56-63,65-67,69-73H,3-35,37,39-43,45,47-50H2,1-2H3,(H,64,68)/b38-36+,46-44+. The molecule has 12 unspecified atom stereocenters. The Hall–Kier alpha value is -1.53. The Balaban J connectivity index is 1.72. The second kappa shape index (κ2) is 49.1. The van der Waals surface area contributed by atoms with Gasteiger partial charge in [0, 0.05) is 6.42 Å². The van der Waals surface area contributed by atoms with Gasteiger partial charge in [-0.1, -0.05) is 263 Å². The van der Waals surface area contributed by atoms with Gasteiger partial charge < -0.3 is 65.1 Å². The lowest BCUT2D eigenvalue weighted by Crippen LogP contribution is -2.65. The van der Waals surface area contributed by atoms with Crippen LogP contribution in [0.2, 0.25) is 0 Å². The summed E-state index contributed by atoms with van der Waals surface area (Å²) in [6.45, 7) is 2.82. The van der Waals surface area contributed by atoms with E-state index in [4.69, 9.17) is 18.9 Å². The first-order valence-electron chi connectivity index (χ1n) is 32.1. The van der Waals surface area contributed by atoms with Crippen molar-refractivity contribution >= 4 is 5.91 Å². The minimum atomic E-state index is -1.79. The van der Waals surface area contributed by atoms with E-state index in [1.165, 1.54) is 212 Å². The summed E-state index contributed by atoms with van der Waals surface area (Å²) in [5, 5.41) is 87.2. The summed E-state index contributed by atoms with van der Waals surface area (Å²) in [4.78, 5) is 13.3. The molecule has 2 saturated heterocycles. The first-order valence-corrected chi connectivity index (χ1v) is 32.1. The van der Waals surface area contributed by atoms with Crippen molar-refractivity contribution in [1.82, 2.24) is 5.32 Å². The molecule has 0 bridgehead atoms. The normalized spacial score (nSPS) is 24.8. The molecule has 2 aliphatic rings. The number of aliphatic hydroxyl groups excluding tert-OH is 8. The molecule has 2 fully saturated rings. The number of unbranched alkanes of at least 4 members (excludes halogenated alkanes) is 37. The molecular weight excluding hydrogens is 979 g/mol. The Morgan fingerprint density at radius 3 is 1.27 bits per heavy atom. The molecule has 0 aromatic carbocycles. The molecule has 454 valence electrons. The monoisotopic (exact) mass is 1100 g/mol. The molecule has 2 heterocycles. The van der Waals surface area contributed by atoms with Gasteiger partial charge in [-0.05, 0) is 32.1 Å². The van der Waals surface area contributed by atoms with Crippen LogP contribution in [0, 0.1) is 0 Å². The van der Waals surface area contributed by atoms with Crippen LogP contribution in [0.25, 0.3) is 0 Å². The molecule has 9 N–H and O–H groups in total. The van der Waals surface area contributed by atoms with Crippen LogP contribution < -0.4 is 5.32 Å². The Labute approximate surface area is 468 Å². The van der Waals surface area contributed by atoms with Crippen LogP contribution in [0.15, 0.2) is 24.3 Å². The van der Waals surface area contributed by atoms with Gasteiger partial charge in [-0.25, -0.2) is 0 Å². The van der Waals surface area contributed by atoms with Crippen molar-refractivity contribution in [2.24, 2.45) is 0 Å². The summed E-state index contributed by atoms with van der Waals surface area (Å²) in [5.74, 6) is -0.243. The average molecular weight is 1100 g/mol. The van der Waals surface area contributed by atoms with Gasteiger partial charge in [0.2, 0.25) is 5.91 Å². The Kier molecular flexibility index (Phi) is 45.7. The first-order chi connectivity index (χ1) is 37.6. The highest BCUT2D eigenvalue weighted by molar-refractivity contribution is 5.76. The van der Waals surface area contributed by atoms with Crippen LogP contribution in [0.4, 0.5) is 0 Å². The topological polar surface area (TPSA) is 228 Å². The highest BCUT2D eigenvalue weighted by Gasteiger charge is 2.51. The second-order valence-electron chi connectivity index (χ2n) is 22.9. The summed E-state index contributed by atoms with van der Waals surface area (Å²) >= 11 is 0. The van der Waals surface area contributed by atoms with Crippen molar-refractivity contribution in [3.8, 4) is 0 Å². The third-order valence-corrected chi connectivity index (χ3v) is 15.9. The predicted molar refractivity (Wildman–Crippen MR) is 309 cm³/mol. The van der Waals surface area contributed by atoms with Crippen molar-refractivity contribution in [3.63, 3.8) is 0 Å². The van der Waals surface area contributed by atoms with Gasteiger partial charge in [0.1, 0.15) is 48.8 Å². The third kappa shape index (κ3) is 34.5. The molecule has 2 aliphatic heterocycles. The molecule has 0 aromatic rings. The zero-order valence-corrected chi connectivity index (χ0v) is 49.0. The van der Waals surface area contributed by atoms with Crippen LogP contribution >= 0.6 is 0 Å². The molecule has 0 saturated carbocycles. The zero-order valence-electron chi connectivity index (χ0n) is 49.0.